The molecular weight excluding hydrogens is 720 g/mol. The maximum Gasteiger partial charge on any atom is 0.408 e. The summed E-state index contributed by atoms with van der Waals surface area (Å²) >= 11 is 0. The molecule has 0 spiro atoms. The third kappa shape index (κ3) is 8.50. The molecule has 2 fully saturated rings. The highest BCUT2D eigenvalue weighted by atomic mass is 19.3. The lowest BCUT2D eigenvalue weighted by atomic mass is 10.1. The Labute approximate surface area is 304 Å². The van der Waals surface area contributed by atoms with Crippen LogP contribution in [0.1, 0.15) is 62.3 Å². The van der Waals surface area contributed by atoms with Gasteiger partial charge in [-0.05, 0) is 69.5 Å². The summed E-state index contributed by atoms with van der Waals surface area (Å²) in [6, 6.07) is 4.72. The number of ether oxygens (including phenoxy) is 3. The van der Waals surface area contributed by atoms with Crippen LogP contribution in [0.25, 0.3) is 16.9 Å². The maximum absolute atomic E-state index is 13.5. The van der Waals surface area contributed by atoms with Gasteiger partial charge in [-0.15, -0.1) is 10.2 Å². The fourth-order valence-electron chi connectivity index (χ4n) is 6.01. The molecule has 5 aromatic rings. The van der Waals surface area contributed by atoms with Crippen molar-refractivity contribution >= 4 is 23.3 Å². The summed E-state index contributed by atoms with van der Waals surface area (Å²) in [6.45, 7) is 1.05. The van der Waals surface area contributed by atoms with E-state index in [0.29, 0.717) is 13.1 Å². The van der Waals surface area contributed by atoms with Gasteiger partial charge in [0.1, 0.15) is 34.9 Å². The monoisotopic (exact) mass is 756 g/mol. The quantitative estimate of drug-likeness (QED) is 0.153. The van der Waals surface area contributed by atoms with Gasteiger partial charge in [0, 0.05) is 43.8 Å². The van der Waals surface area contributed by atoms with Crippen LogP contribution >= 0.6 is 0 Å². The molecule has 7 rings (SSSR count). The molecule has 0 radical (unpaired) electrons. The number of hydrogen-bond donors (Lipinski definition) is 2. The average Bonchev–Trinajstić information content (AvgIpc) is 3.37. The van der Waals surface area contributed by atoms with E-state index in [9.17, 15) is 27.2 Å². The molecule has 286 valence electrons. The third-order valence-corrected chi connectivity index (χ3v) is 8.75. The minimum absolute atomic E-state index is 0.0141. The Hall–Kier alpha value is -5.86. The van der Waals surface area contributed by atoms with Crippen molar-refractivity contribution in [3.05, 3.63) is 60.4 Å². The first-order valence-electron chi connectivity index (χ1n) is 17.0. The fourth-order valence-corrected chi connectivity index (χ4v) is 6.01. The highest BCUT2D eigenvalue weighted by Crippen LogP contribution is 2.40. The van der Waals surface area contributed by atoms with E-state index in [1.165, 1.54) is 32.6 Å². The van der Waals surface area contributed by atoms with Crippen LogP contribution in [-0.4, -0.2) is 105 Å². The predicted octanol–water partition coefficient (Wildman–Crippen LogP) is 4.39. The summed E-state index contributed by atoms with van der Waals surface area (Å²) in [5.41, 5.74) is -0.728. The predicted molar refractivity (Wildman–Crippen MR) is 180 cm³/mol. The Morgan fingerprint density at radius 1 is 1.07 bits per heavy atom. The lowest BCUT2D eigenvalue weighted by Crippen LogP contribution is -2.50. The largest absolute Gasteiger partial charge is 0.444 e. The minimum Gasteiger partial charge on any atom is -0.444 e. The summed E-state index contributed by atoms with van der Waals surface area (Å²) in [4.78, 5) is 33.7. The van der Waals surface area contributed by atoms with Gasteiger partial charge in [0.05, 0.1) is 23.5 Å². The zero-order valence-corrected chi connectivity index (χ0v) is 29.3. The number of halogens is 4. The number of benzene rings is 1. The molecule has 1 saturated carbocycles. The van der Waals surface area contributed by atoms with E-state index in [1.54, 1.807) is 12.3 Å². The van der Waals surface area contributed by atoms with Crippen molar-refractivity contribution in [3.8, 4) is 22.8 Å². The lowest BCUT2D eigenvalue weighted by Gasteiger charge is -2.38. The van der Waals surface area contributed by atoms with Gasteiger partial charge in [-0.2, -0.15) is 32.6 Å². The number of nitrogens with zero attached hydrogens (tertiary/aromatic N) is 10. The minimum atomic E-state index is -3.26. The van der Waals surface area contributed by atoms with E-state index < -0.39 is 36.6 Å². The van der Waals surface area contributed by atoms with E-state index in [4.69, 9.17) is 4.74 Å². The molecular formula is C33H36F4N12O5. The Morgan fingerprint density at radius 2 is 1.85 bits per heavy atom. The average molecular weight is 757 g/mol. The van der Waals surface area contributed by atoms with Crippen molar-refractivity contribution in [1.82, 2.24) is 54.8 Å². The Balaban J connectivity index is 1.07. The molecule has 2 amide bonds. The van der Waals surface area contributed by atoms with E-state index in [1.807, 2.05) is 20.8 Å². The van der Waals surface area contributed by atoms with Gasteiger partial charge in [-0.3, -0.25) is 14.4 Å². The van der Waals surface area contributed by atoms with Gasteiger partial charge >= 0.3 is 19.3 Å². The molecule has 5 heterocycles. The molecule has 1 aliphatic carbocycles. The third-order valence-electron chi connectivity index (χ3n) is 8.75. The number of tetrazole rings is 1. The second-order valence-electron chi connectivity index (χ2n) is 14.0. The van der Waals surface area contributed by atoms with Gasteiger partial charge in [0.2, 0.25) is 0 Å². The zero-order valence-electron chi connectivity index (χ0n) is 29.3. The standard InChI is InChI=1S/C33H36F4N12O5/c1-32(2,3)54-31(51)41-33(7-8-33)9-12-46-15-19(16-46)49-43-25(42-45-49)18-47-17-23(40-28(50)22-14-39-48-11-4-10-38-27(22)48)26(44-47)21-13-20(52-29(34)35)5-6-24(21)53-30(36)37/h4-6,10-11,13-14,17,19,29-30H,7-9,12,15-16,18H2,1-3H3,(H,40,50)(H,41,51). The molecule has 0 atom stereocenters. The van der Waals surface area contributed by atoms with Crippen molar-refractivity contribution in [2.24, 2.45) is 0 Å². The van der Waals surface area contributed by atoms with Crippen LogP contribution in [-0.2, 0) is 11.3 Å². The number of aromatic nitrogens is 9. The Bertz CT molecular complexity index is 2140. The van der Waals surface area contributed by atoms with E-state index in [2.05, 4.69) is 55.6 Å². The van der Waals surface area contributed by atoms with E-state index >= 15 is 0 Å². The molecule has 2 N–H and O–H groups in total. The number of rotatable bonds is 14. The van der Waals surface area contributed by atoms with E-state index in [0.717, 1.165) is 44.0 Å². The van der Waals surface area contributed by atoms with Crippen LogP contribution in [0.4, 0.5) is 28.0 Å². The molecule has 1 aromatic carbocycles. The SMILES string of the molecule is CC(C)(C)OC(=O)NC1(CCN2CC(n3nnc(Cn4cc(NC(=O)c5cnn6cccnc56)c(-c5cc(OC(F)F)ccc5OC(F)F)n4)n3)C2)CC1. The summed E-state index contributed by atoms with van der Waals surface area (Å²) < 4.78 is 70.5. The smallest absolute Gasteiger partial charge is 0.408 e. The van der Waals surface area contributed by atoms with Gasteiger partial charge in [-0.1, -0.05) is 0 Å². The normalized spacial score (nSPS) is 15.7. The molecule has 54 heavy (non-hydrogen) atoms. The summed E-state index contributed by atoms with van der Waals surface area (Å²) in [5, 5.41) is 27.2. The van der Waals surface area contributed by atoms with Crippen molar-refractivity contribution in [2.75, 3.05) is 25.0 Å². The first-order valence-corrected chi connectivity index (χ1v) is 17.0. The lowest BCUT2D eigenvalue weighted by molar-refractivity contribution is -0.0526. The molecule has 17 nitrogen and oxygen atoms in total. The van der Waals surface area contributed by atoms with Crippen molar-refractivity contribution < 1.29 is 41.4 Å². The second-order valence-corrected chi connectivity index (χ2v) is 14.0. The zero-order chi connectivity index (χ0) is 38.2. The second kappa shape index (κ2) is 14.5. The van der Waals surface area contributed by atoms with Crippen molar-refractivity contribution in [2.45, 2.75) is 77.0 Å². The first-order chi connectivity index (χ1) is 25.7. The topological polar surface area (TPSA) is 181 Å². The molecule has 1 saturated heterocycles. The maximum atomic E-state index is 13.5. The Kier molecular flexibility index (Phi) is 9.81. The Morgan fingerprint density at radius 3 is 2.57 bits per heavy atom. The van der Waals surface area contributed by atoms with Crippen LogP contribution < -0.4 is 20.1 Å². The van der Waals surface area contributed by atoms with Crippen molar-refractivity contribution in [3.63, 3.8) is 0 Å². The number of alkyl halides is 4. The van der Waals surface area contributed by atoms with Crippen LogP contribution in [0.15, 0.2) is 49.1 Å². The number of alkyl carbamates (subject to hydrolysis) is 1. The van der Waals surface area contributed by atoms with Crippen LogP contribution in [0, 0.1) is 0 Å². The molecule has 2 aliphatic rings. The number of anilines is 1. The summed E-state index contributed by atoms with van der Waals surface area (Å²) in [5.74, 6) is -1.17. The number of amides is 2. The highest BCUT2D eigenvalue weighted by Gasteiger charge is 2.45. The first kappa shape index (κ1) is 36.5. The van der Waals surface area contributed by atoms with Crippen LogP contribution in [0.5, 0.6) is 11.5 Å². The number of nitrogens with one attached hydrogen (secondary N) is 2. The molecule has 4 aromatic heterocycles. The molecule has 1 aliphatic heterocycles. The van der Waals surface area contributed by atoms with Crippen molar-refractivity contribution in [1.29, 1.82) is 0 Å². The molecule has 0 unspecified atom stereocenters. The number of carbonyl (C=O) groups is 2. The van der Waals surface area contributed by atoms with Gasteiger partial charge in [-0.25, -0.2) is 14.3 Å². The van der Waals surface area contributed by atoms with Gasteiger partial charge in [0.15, 0.2) is 11.5 Å². The van der Waals surface area contributed by atoms with Gasteiger partial charge < -0.3 is 24.8 Å². The van der Waals surface area contributed by atoms with Crippen LogP contribution in [0.2, 0.25) is 0 Å². The number of fused-ring (bicyclic) bond motifs is 1. The summed E-state index contributed by atoms with van der Waals surface area (Å²) in [6.07, 6.45) is 7.95. The molecule has 21 heteroatoms. The van der Waals surface area contributed by atoms with Gasteiger partial charge in [0.25, 0.3) is 5.91 Å². The molecule has 0 bridgehead atoms. The summed E-state index contributed by atoms with van der Waals surface area (Å²) in [7, 11) is 0. The fraction of sp³-hybridized carbons (Fsp3) is 0.455. The van der Waals surface area contributed by atoms with Crippen LogP contribution in [0.3, 0.4) is 0 Å². The van der Waals surface area contributed by atoms with E-state index in [-0.39, 0.29) is 57.9 Å². The number of carbonyl (C=O) groups excluding carboxylic acids is 2. The number of hydrogen-bond acceptors (Lipinski definition) is 12. The number of likely N-dealkylation sites (tertiary alicyclic amines) is 1. The highest BCUT2D eigenvalue weighted by molar-refractivity contribution is 6.09.